The van der Waals surface area contributed by atoms with Gasteiger partial charge >= 0.3 is 0 Å². The van der Waals surface area contributed by atoms with Crippen molar-refractivity contribution < 1.29 is 0 Å². The molecule has 0 aliphatic carbocycles. The summed E-state index contributed by atoms with van der Waals surface area (Å²) in [6.07, 6.45) is 6.91. The second-order valence-corrected chi connectivity index (χ2v) is 6.07. The van der Waals surface area contributed by atoms with Crippen molar-refractivity contribution in [1.82, 2.24) is 9.97 Å². The molecule has 1 aliphatic rings. The molecule has 3 heteroatoms. The van der Waals surface area contributed by atoms with Gasteiger partial charge in [0, 0.05) is 23.9 Å². The molecule has 2 aromatic rings. The van der Waals surface area contributed by atoms with E-state index in [0.717, 1.165) is 24.4 Å². The number of anilines is 1. The summed E-state index contributed by atoms with van der Waals surface area (Å²) in [7, 11) is 0. The summed E-state index contributed by atoms with van der Waals surface area (Å²) in [5.74, 6) is 1.11. The van der Waals surface area contributed by atoms with E-state index in [1.54, 1.807) is 6.33 Å². The lowest BCUT2D eigenvalue weighted by Crippen LogP contribution is -2.56. The lowest BCUT2D eigenvalue weighted by atomic mass is 9.72. The number of nitrogens with zero attached hydrogens (tertiary/aromatic N) is 3. The second-order valence-electron chi connectivity index (χ2n) is 6.07. The zero-order valence-corrected chi connectivity index (χ0v) is 12.5. The zero-order valence-electron chi connectivity index (χ0n) is 12.5. The molecule has 106 valence electrons. The summed E-state index contributed by atoms with van der Waals surface area (Å²) < 4.78 is 0. The minimum Gasteiger partial charge on any atom is -0.355 e. The molecule has 1 aromatic carbocycles. The Balaban J connectivity index is 1.84. The summed E-state index contributed by atoms with van der Waals surface area (Å²) in [4.78, 5) is 11.3. The van der Waals surface area contributed by atoms with Crippen molar-refractivity contribution in [2.45, 2.75) is 39.5 Å². The Bertz CT molecular complexity index is 574. The zero-order chi connectivity index (χ0) is 14.0. The van der Waals surface area contributed by atoms with Crippen LogP contribution in [0, 0.1) is 5.41 Å². The molecule has 0 saturated carbocycles. The fraction of sp³-hybridized carbons (Fsp3) is 0.529. The maximum Gasteiger partial charge on any atom is 0.139 e. The Morgan fingerprint density at radius 2 is 1.75 bits per heavy atom. The third-order valence-electron chi connectivity index (χ3n) is 4.43. The molecule has 0 unspecified atom stereocenters. The Morgan fingerprint density at radius 1 is 1.05 bits per heavy atom. The van der Waals surface area contributed by atoms with Crippen molar-refractivity contribution in [1.29, 1.82) is 0 Å². The van der Waals surface area contributed by atoms with E-state index in [9.17, 15) is 0 Å². The van der Waals surface area contributed by atoms with Gasteiger partial charge < -0.3 is 4.90 Å². The van der Waals surface area contributed by atoms with E-state index >= 15 is 0 Å². The molecule has 2 heterocycles. The van der Waals surface area contributed by atoms with Gasteiger partial charge in [0.2, 0.25) is 0 Å². The number of fused-ring (bicyclic) bond motifs is 1. The SMILES string of the molecule is CCCC1(CCC)CN(c2ncnc3ccccc23)C1. The van der Waals surface area contributed by atoms with Gasteiger partial charge in [0.05, 0.1) is 5.52 Å². The fourth-order valence-corrected chi connectivity index (χ4v) is 3.66. The van der Waals surface area contributed by atoms with Crippen LogP contribution < -0.4 is 4.90 Å². The first-order valence-electron chi connectivity index (χ1n) is 7.73. The predicted octanol–water partition coefficient (Wildman–Crippen LogP) is 4.04. The van der Waals surface area contributed by atoms with Gasteiger partial charge in [-0.25, -0.2) is 9.97 Å². The van der Waals surface area contributed by atoms with Crippen LogP contribution in [0.15, 0.2) is 30.6 Å². The first-order valence-corrected chi connectivity index (χ1v) is 7.73. The fourth-order valence-electron chi connectivity index (χ4n) is 3.66. The minimum atomic E-state index is 0.523. The highest BCUT2D eigenvalue weighted by Gasteiger charge is 2.42. The van der Waals surface area contributed by atoms with Crippen LogP contribution in [0.5, 0.6) is 0 Å². The molecule has 20 heavy (non-hydrogen) atoms. The van der Waals surface area contributed by atoms with Crippen LogP contribution >= 0.6 is 0 Å². The summed E-state index contributed by atoms with van der Waals surface area (Å²) in [6.45, 7) is 6.88. The van der Waals surface area contributed by atoms with Gasteiger partial charge in [-0.3, -0.25) is 0 Å². The van der Waals surface area contributed by atoms with Crippen molar-refractivity contribution in [3.63, 3.8) is 0 Å². The van der Waals surface area contributed by atoms with E-state index in [1.165, 1.54) is 31.1 Å². The van der Waals surface area contributed by atoms with E-state index in [0.29, 0.717) is 5.41 Å². The van der Waals surface area contributed by atoms with E-state index in [2.05, 4.69) is 46.9 Å². The summed E-state index contributed by atoms with van der Waals surface area (Å²) in [5.41, 5.74) is 1.57. The smallest absolute Gasteiger partial charge is 0.139 e. The summed E-state index contributed by atoms with van der Waals surface area (Å²) in [5, 5.41) is 1.18. The Hall–Kier alpha value is -1.64. The molecular formula is C17H23N3. The highest BCUT2D eigenvalue weighted by molar-refractivity contribution is 5.89. The first kappa shape index (κ1) is 13.3. The van der Waals surface area contributed by atoms with E-state index in [1.807, 2.05) is 6.07 Å². The number of rotatable bonds is 5. The first-order chi connectivity index (χ1) is 9.78. The average molecular weight is 269 g/mol. The largest absolute Gasteiger partial charge is 0.355 e. The molecule has 0 spiro atoms. The third kappa shape index (κ3) is 2.26. The molecule has 0 radical (unpaired) electrons. The van der Waals surface area contributed by atoms with Crippen LogP contribution in [0.2, 0.25) is 0 Å². The van der Waals surface area contributed by atoms with Crippen molar-refractivity contribution in [3.05, 3.63) is 30.6 Å². The van der Waals surface area contributed by atoms with Gasteiger partial charge in [-0.15, -0.1) is 0 Å². The van der Waals surface area contributed by atoms with Crippen LogP contribution in [0.4, 0.5) is 5.82 Å². The molecule has 1 aromatic heterocycles. The Labute approximate surface area is 121 Å². The molecule has 1 fully saturated rings. The Kier molecular flexibility index (Phi) is 3.60. The van der Waals surface area contributed by atoms with Gasteiger partial charge in [0.15, 0.2) is 0 Å². The molecule has 0 amide bonds. The maximum absolute atomic E-state index is 4.53. The predicted molar refractivity (Wildman–Crippen MR) is 84.0 cm³/mol. The minimum absolute atomic E-state index is 0.523. The van der Waals surface area contributed by atoms with E-state index in [-0.39, 0.29) is 0 Å². The van der Waals surface area contributed by atoms with E-state index in [4.69, 9.17) is 0 Å². The number of aromatic nitrogens is 2. The van der Waals surface area contributed by atoms with Crippen molar-refractivity contribution in [3.8, 4) is 0 Å². The van der Waals surface area contributed by atoms with Crippen molar-refractivity contribution >= 4 is 16.7 Å². The third-order valence-corrected chi connectivity index (χ3v) is 4.43. The molecule has 0 atom stereocenters. The van der Waals surface area contributed by atoms with Gasteiger partial charge in [0.25, 0.3) is 0 Å². The van der Waals surface area contributed by atoms with E-state index < -0.39 is 0 Å². The van der Waals surface area contributed by atoms with Crippen LogP contribution in [0.3, 0.4) is 0 Å². The van der Waals surface area contributed by atoms with Crippen molar-refractivity contribution in [2.75, 3.05) is 18.0 Å². The van der Waals surface area contributed by atoms with Gasteiger partial charge in [-0.2, -0.15) is 0 Å². The second kappa shape index (κ2) is 5.39. The molecule has 0 bridgehead atoms. The van der Waals surface area contributed by atoms with Crippen LogP contribution in [-0.2, 0) is 0 Å². The lowest BCUT2D eigenvalue weighted by Gasteiger charge is -2.51. The van der Waals surface area contributed by atoms with Crippen LogP contribution in [-0.4, -0.2) is 23.1 Å². The topological polar surface area (TPSA) is 29.0 Å². The monoisotopic (exact) mass is 269 g/mol. The van der Waals surface area contributed by atoms with Gasteiger partial charge in [-0.05, 0) is 25.0 Å². The number of hydrogen-bond donors (Lipinski definition) is 0. The highest BCUT2D eigenvalue weighted by Crippen LogP contribution is 2.42. The van der Waals surface area contributed by atoms with Crippen LogP contribution in [0.25, 0.3) is 10.9 Å². The van der Waals surface area contributed by atoms with Gasteiger partial charge in [0.1, 0.15) is 12.1 Å². The average Bonchev–Trinajstić information content (AvgIpc) is 2.44. The summed E-state index contributed by atoms with van der Waals surface area (Å²) >= 11 is 0. The maximum atomic E-state index is 4.53. The molecular weight excluding hydrogens is 246 g/mol. The highest BCUT2D eigenvalue weighted by atomic mass is 15.3. The summed E-state index contributed by atoms with van der Waals surface area (Å²) in [6, 6.07) is 8.30. The molecule has 1 saturated heterocycles. The Morgan fingerprint density at radius 3 is 2.45 bits per heavy atom. The van der Waals surface area contributed by atoms with Crippen molar-refractivity contribution in [2.24, 2.45) is 5.41 Å². The van der Waals surface area contributed by atoms with Gasteiger partial charge in [-0.1, -0.05) is 38.8 Å². The normalized spacial score (nSPS) is 17.2. The molecule has 3 rings (SSSR count). The quantitative estimate of drug-likeness (QED) is 0.820. The molecule has 3 nitrogen and oxygen atoms in total. The number of benzene rings is 1. The molecule has 0 N–H and O–H groups in total. The number of para-hydroxylation sites is 1. The van der Waals surface area contributed by atoms with Crippen LogP contribution in [0.1, 0.15) is 39.5 Å². The lowest BCUT2D eigenvalue weighted by molar-refractivity contribution is 0.172. The molecule has 1 aliphatic heterocycles. The number of hydrogen-bond acceptors (Lipinski definition) is 3. The standard InChI is InChI=1S/C17H23N3/c1-3-9-17(10-4-2)11-20(12-17)16-14-7-5-6-8-15(14)18-13-19-16/h5-8,13H,3-4,9-12H2,1-2H3.